The van der Waals surface area contributed by atoms with E-state index in [0.717, 1.165) is 38.0 Å². The normalized spacial score (nSPS) is 27.0. The Labute approximate surface area is 129 Å². The molecule has 1 fully saturated rings. The number of rotatable bonds is 4. The van der Waals surface area contributed by atoms with Crippen LogP contribution in [-0.2, 0) is 6.54 Å². The van der Waals surface area contributed by atoms with Crippen molar-refractivity contribution in [2.24, 2.45) is 11.3 Å². The fourth-order valence-electron chi connectivity index (χ4n) is 3.47. The first-order valence-electron chi connectivity index (χ1n) is 8.23. The first-order valence-corrected chi connectivity index (χ1v) is 8.23. The highest BCUT2D eigenvalue weighted by molar-refractivity contribution is 5.04. The van der Waals surface area contributed by atoms with Gasteiger partial charge in [-0.3, -0.25) is 9.88 Å². The van der Waals surface area contributed by atoms with Crippen LogP contribution in [0.15, 0.2) is 24.4 Å². The lowest BCUT2D eigenvalue weighted by Gasteiger charge is -2.44. The zero-order valence-electron chi connectivity index (χ0n) is 13.9. The second-order valence-electron chi connectivity index (χ2n) is 7.39. The van der Waals surface area contributed by atoms with Gasteiger partial charge in [0.25, 0.3) is 0 Å². The van der Waals surface area contributed by atoms with E-state index in [-0.39, 0.29) is 12.1 Å². The van der Waals surface area contributed by atoms with E-state index >= 15 is 0 Å². The lowest BCUT2D eigenvalue weighted by molar-refractivity contribution is -0.0188. The summed E-state index contributed by atoms with van der Waals surface area (Å²) in [4.78, 5) is 6.82. The van der Waals surface area contributed by atoms with Crippen LogP contribution in [0, 0.1) is 11.3 Å². The molecule has 3 unspecified atom stereocenters. The van der Waals surface area contributed by atoms with Crippen LogP contribution >= 0.6 is 0 Å². The highest BCUT2D eigenvalue weighted by atomic mass is 16.3. The molecule has 1 aliphatic carbocycles. The molecule has 1 aromatic rings. The molecule has 1 aliphatic rings. The molecule has 1 heterocycles. The van der Waals surface area contributed by atoms with Crippen molar-refractivity contribution in [3.8, 4) is 0 Å². The Morgan fingerprint density at radius 2 is 2.05 bits per heavy atom. The van der Waals surface area contributed by atoms with Crippen molar-refractivity contribution in [2.45, 2.75) is 65.6 Å². The van der Waals surface area contributed by atoms with E-state index in [1.165, 1.54) is 0 Å². The van der Waals surface area contributed by atoms with Gasteiger partial charge in [-0.15, -0.1) is 0 Å². The molecule has 3 heteroatoms. The molecule has 3 nitrogen and oxygen atoms in total. The molecule has 118 valence electrons. The molecule has 2 rings (SSSR count). The number of hydrogen-bond donors (Lipinski definition) is 1. The lowest BCUT2D eigenvalue weighted by atomic mass is 9.70. The standard InChI is InChI=1S/C18H30N2O/c1-5-20(13-15-8-6-7-11-19-15)16-12-14(18(2,3)4)9-10-17(16)21/h6-8,11,14,16-17,21H,5,9-10,12-13H2,1-4H3. The van der Waals surface area contributed by atoms with Crippen molar-refractivity contribution in [3.63, 3.8) is 0 Å². The Bertz CT molecular complexity index is 427. The lowest BCUT2D eigenvalue weighted by Crippen LogP contribution is -2.48. The van der Waals surface area contributed by atoms with Crippen LogP contribution in [0.5, 0.6) is 0 Å². The summed E-state index contributed by atoms with van der Waals surface area (Å²) < 4.78 is 0. The summed E-state index contributed by atoms with van der Waals surface area (Å²) in [6, 6.07) is 6.31. The van der Waals surface area contributed by atoms with Crippen LogP contribution in [0.3, 0.4) is 0 Å². The molecule has 0 aliphatic heterocycles. The number of aromatic nitrogens is 1. The predicted octanol–water partition coefficient (Wildman–Crippen LogP) is 3.48. The molecule has 0 amide bonds. The summed E-state index contributed by atoms with van der Waals surface area (Å²) >= 11 is 0. The molecule has 0 spiro atoms. The summed E-state index contributed by atoms with van der Waals surface area (Å²) in [5.74, 6) is 0.684. The van der Waals surface area contributed by atoms with Crippen LogP contribution in [0.2, 0.25) is 0 Å². The highest BCUT2D eigenvalue weighted by Gasteiger charge is 2.37. The SMILES string of the molecule is CCN(Cc1ccccn1)C1CC(C(C)(C)C)CCC1O. The third kappa shape index (κ3) is 4.27. The quantitative estimate of drug-likeness (QED) is 0.922. The van der Waals surface area contributed by atoms with E-state index in [2.05, 4.69) is 43.6 Å². The first kappa shape index (κ1) is 16.4. The van der Waals surface area contributed by atoms with Crippen LogP contribution in [0.4, 0.5) is 0 Å². The molecular formula is C18H30N2O. The average molecular weight is 290 g/mol. The van der Waals surface area contributed by atoms with Gasteiger partial charge in [0.1, 0.15) is 0 Å². The number of pyridine rings is 1. The van der Waals surface area contributed by atoms with Gasteiger partial charge < -0.3 is 5.11 Å². The van der Waals surface area contributed by atoms with Gasteiger partial charge in [-0.05, 0) is 49.3 Å². The van der Waals surface area contributed by atoms with Crippen LogP contribution < -0.4 is 0 Å². The van der Waals surface area contributed by atoms with Crippen molar-refractivity contribution in [1.82, 2.24) is 9.88 Å². The van der Waals surface area contributed by atoms with Crippen molar-refractivity contribution in [3.05, 3.63) is 30.1 Å². The second-order valence-corrected chi connectivity index (χ2v) is 7.39. The van der Waals surface area contributed by atoms with Gasteiger partial charge in [0, 0.05) is 18.8 Å². The Kier molecular flexibility index (Phi) is 5.39. The van der Waals surface area contributed by atoms with Crippen molar-refractivity contribution in [2.75, 3.05) is 6.54 Å². The van der Waals surface area contributed by atoms with Crippen molar-refractivity contribution < 1.29 is 5.11 Å². The number of aliphatic hydroxyl groups is 1. The number of aliphatic hydroxyl groups excluding tert-OH is 1. The van der Waals surface area contributed by atoms with Crippen LogP contribution in [0.1, 0.15) is 52.7 Å². The average Bonchev–Trinajstić information content (AvgIpc) is 2.45. The van der Waals surface area contributed by atoms with E-state index in [4.69, 9.17) is 0 Å². The van der Waals surface area contributed by atoms with Gasteiger partial charge in [0.05, 0.1) is 11.8 Å². The fourth-order valence-corrected chi connectivity index (χ4v) is 3.47. The summed E-state index contributed by atoms with van der Waals surface area (Å²) in [6.45, 7) is 10.9. The van der Waals surface area contributed by atoms with Crippen LogP contribution in [-0.4, -0.2) is 33.7 Å². The molecule has 0 bridgehead atoms. The summed E-state index contributed by atoms with van der Waals surface area (Å²) in [5.41, 5.74) is 1.41. The summed E-state index contributed by atoms with van der Waals surface area (Å²) in [7, 11) is 0. The zero-order chi connectivity index (χ0) is 15.5. The third-order valence-corrected chi connectivity index (χ3v) is 4.97. The number of likely N-dealkylation sites (N-methyl/N-ethyl adjacent to an activating group) is 1. The Balaban J connectivity index is 2.08. The Morgan fingerprint density at radius 1 is 1.29 bits per heavy atom. The van der Waals surface area contributed by atoms with E-state index in [0.29, 0.717) is 11.3 Å². The van der Waals surface area contributed by atoms with E-state index in [1.54, 1.807) is 0 Å². The molecule has 1 N–H and O–H groups in total. The minimum Gasteiger partial charge on any atom is -0.391 e. The number of hydrogen-bond acceptors (Lipinski definition) is 3. The summed E-state index contributed by atoms with van der Waals surface area (Å²) in [6.07, 6.45) is 4.80. The summed E-state index contributed by atoms with van der Waals surface area (Å²) in [5, 5.41) is 10.5. The monoisotopic (exact) mass is 290 g/mol. The van der Waals surface area contributed by atoms with E-state index < -0.39 is 0 Å². The molecule has 0 saturated heterocycles. The minimum atomic E-state index is -0.202. The van der Waals surface area contributed by atoms with Crippen molar-refractivity contribution >= 4 is 0 Å². The van der Waals surface area contributed by atoms with Gasteiger partial charge in [0.15, 0.2) is 0 Å². The Morgan fingerprint density at radius 3 is 2.62 bits per heavy atom. The third-order valence-electron chi connectivity index (χ3n) is 4.97. The topological polar surface area (TPSA) is 36.4 Å². The molecule has 1 saturated carbocycles. The van der Waals surface area contributed by atoms with E-state index in [9.17, 15) is 5.11 Å². The Hall–Kier alpha value is -0.930. The maximum absolute atomic E-state index is 10.5. The van der Waals surface area contributed by atoms with Crippen molar-refractivity contribution in [1.29, 1.82) is 0 Å². The maximum Gasteiger partial charge on any atom is 0.0695 e. The van der Waals surface area contributed by atoms with E-state index in [1.807, 2.05) is 18.3 Å². The van der Waals surface area contributed by atoms with Crippen LogP contribution in [0.25, 0.3) is 0 Å². The minimum absolute atomic E-state index is 0.202. The maximum atomic E-state index is 10.5. The van der Waals surface area contributed by atoms with Gasteiger partial charge in [-0.25, -0.2) is 0 Å². The van der Waals surface area contributed by atoms with Gasteiger partial charge >= 0.3 is 0 Å². The number of nitrogens with zero attached hydrogens (tertiary/aromatic N) is 2. The molecule has 21 heavy (non-hydrogen) atoms. The largest absolute Gasteiger partial charge is 0.391 e. The van der Waals surface area contributed by atoms with Gasteiger partial charge in [0.2, 0.25) is 0 Å². The predicted molar refractivity (Wildman–Crippen MR) is 86.9 cm³/mol. The highest BCUT2D eigenvalue weighted by Crippen LogP contribution is 2.39. The molecule has 3 atom stereocenters. The van der Waals surface area contributed by atoms with Gasteiger partial charge in [-0.2, -0.15) is 0 Å². The zero-order valence-corrected chi connectivity index (χ0v) is 13.9. The molecule has 0 aromatic carbocycles. The molecule has 0 radical (unpaired) electrons. The first-order chi connectivity index (χ1) is 9.91. The smallest absolute Gasteiger partial charge is 0.0695 e. The fraction of sp³-hybridized carbons (Fsp3) is 0.722. The van der Waals surface area contributed by atoms with Gasteiger partial charge in [-0.1, -0.05) is 33.8 Å². The molecule has 1 aromatic heterocycles. The second kappa shape index (κ2) is 6.89. The molecular weight excluding hydrogens is 260 g/mol.